The Balaban J connectivity index is 1.89. The SMILES string of the molecule is CNC1(c2ccc(Sc3ccccc3)c(Cl)c2)N=C(N)NN1. The molecule has 0 saturated heterocycles. The van der Waals surface area contributed by atoms with Gasteiger partial charge in [0, 0.05) is 15.4 Å². The maximum absolute atomic E-state index is 6.44. The summed E-state index contributed by atoms with van der Waals surface area (Å²) in [6.07, 6.45) is 0. The van der Waals surface area contributed by atoms with E-state index in [9.17, 15) is 0 Å². The number of hydrazine groups is 1. The van der Waals surface area contributed by atoms with Gasteiger partial charge in [-0.1, -0.05) is 47.6 Å². The zero-order valence-corrected chi connectivity index (χ0v) is 13.5. The first-order chi connectivity index (χ1) is 10.6. The zero-order valence-electron chi connectivity index (χ0n) is 11.9. The summed E-state index contributed by atoms with van der Waals surface area (Å²) in [6, 6.07) is 16.0. The fourth-order valence-corrected chi connectivity index (χ4v) is 3.35. The van der Waals surface area contributed by atoms with E-state index in [-0.39, 0.29) is 0 Å². The van der Waals surface area contributed by atoms with Gasteiger partial charge in [-0.25, -0.2) is 4.99 Å². The van der Waals surface area contributed by atoms with Crippen molar-refractivity contribution < 1.29 is 0 Å². The average Bonchev–Trinajstić information content (AvgIpc) is 2.93. The maximum atomic E-state index is 6.44. The van der Waals surface area contributed by atoms with Crippen molar-refractivity contribution in [2.24, 2.45) is 10.7 Å². The highest BCUT2D eigenvalue weighted by Gasteiger charge is 2.34. The number of hydrogen-bond acceptors (Lipinski definition) is 6. The minimum atomic E-state index is -0.802. The van der Waals surface area contributed by atoms with Gasteiger partial charge in [0.1, 0.15) is 0 Å². The van der Waals surface area contributed by atoms with Crippen LogP contribution in [-0.2, 0) is 5.79 Å². The number of nitrogens with two attached hydrogens (primary N) is 1. The van der Waals surface area contributed by atoms with Crippen LogP contribution in [0.1, 0.15) is 5.56 Å². The van der Waals surface area contributed by atoms with Crippen LogP contribution in [0, 0.1) is 0 Å². The van der Waals surface area contributed by atoms with Crippen LogP contribution >= 0.6 is 23.4 Å². The van der Waals surface area contributed by atoms with Crippen molar-refractivity contribution in [3.63, 3.8) is 0 Å². The molecule has 3 rings (SSSR count). The van der Waals surface area contributed by atoms with E-state index in [1.165, 1.54) is 0 Å². The van der Waals surface area contributed by atoms with Crippen LogP contribution in [0.5, 0.6) is 0 Å². The van der Waals surface area contributed by atoms with Gasteiger partial charge in [-0.05, 0) is 31.3 Å². The summed E-state index contributed by atoms with van der Waals surface area (Å²) in [5.41, 5.74) is 12.4. The number of nitrogens with zero attached hydrogens (tertiary/aromatic N) is 1. The molecule has 7 heteroatoms. The topological polar surface area (TPSA) is 74.5 Å². The number of benzene rings is 2. The van der Waals surface area contributed by atoms with Crippen molar-refractivity contribution in [2.75, 3.05) is 7.05 Å². The van der Waals surface area contributed by atoms with E-state index in [4.69, 9.17) is 17.3 Å². The van der Waals surface area contributed by atoms with E-state index in [2.05, 4.69) is 33.3 Å². The zero-order chi connectivity index (χ0) is 15.6. The largest absolute Gasteiger partial charge is 0.369 e. The Hall–Kier alpha value is -1.73. The summed E-state index contributed by atoms with van der Waals surface area (Å²) in [7, 11) is 1.80. The second-order valence-electron chi connectivity index (χ2n) is 4.77. The van der Waals surface area contributed by atoms with E-state index < -0.39 is 5.79 Å². The third-order valence-electron chi connectivity index (χ3n) is 3.34. The minimum Gasteiger partial charge on any atom is -0.369 e. The molecule has 5 nitrogen and oxygen atoms in total. The molecule has 5 N–H and O–H groups in total. The first-order valence-electron chi connectivity index (χ1n) is 6.73. The summed E-state index contributed by atoms with van der Waals surface area (Å²) < 4.78 is 0. The first kappa shape index (κ1) is 15.2. The van der Waals surface area contributed by atoms with Crippen molar-refractivity contribution in [3.8, 4) is 0 Å². The van der Waals surface area contributed by atoms with Gasteiger partial charge in [-0.2, -0.15) is 5.43 Å². The molecule has 0 fully saturated rings. The number of hydrogen-bond donors (Lipinski definition) is 4. The summed E-state index contributed by atoms with van der Waals surface area (Å²) in [5, 5.41) is 3.78. The summed E-state index contributed by atoms with van der Waals surface area (Å²) in [6.45, 7) is 0. The Morgan fingerprint density at radius 2 is 2.00 bits per heavy atom. The van der Waals surface area contributed by atoms with Crippen LogP contribution in [0.3, 0.4) is 0 Å². The maximum Gasteiger partial charge on any atom is 0.211 e. The average molecular weight is 334 g/mol. The Bertz CT molecular complexity index is 706. The van der Waals surface area contributed by atoms with Crippen LogP contribution in [0.2, 0.25) is 5.02 Å². The molecule has 1 atom stereocenters. The molecule has 0 amide bonds. The molecule has 1 aliphatic heterocycles. The van der Waals surface area contributed by atoms with Crippen molar-refractivity contribution in [1.82, 2.24) is 16.2 Å². The van der Waals surface area contributed by atoms with Gasteiger partial charge in [0.15, 0.2) is 0 Å². The molecule has 1 aliphatic rings. The fraction of sp³-hybridized carbons (Fsp3) is 0.133. The molecule has 22 heavy (non-hydrogen) atoms. The van der Waals surface area contributed by atoms with Crippen LogP contribution < -0.4 is 21.9 Å². The molecule has 1 heterocycles. The number of guanidine groups is 1. The molecule has 0 radical (unpaired) electrons. The molecular weight excluding hydrogens is 318 g/mol. The van der Waals surface area contributed by atoms with E-state index in [1.54, 1.807) is 18.8 Å². The predicted molar refractivity (Wildman–Crippen MR) is 90.6 cm³/mol. The Kier molecular flexibility index (Phi) is 4.26. The number of halogens is 1. The quantitative estimate of drug-likeness (QED) is 0.690. The molecule has 114 valence electrons. The molecule has 0 saturated carbocycles. The summed E-state index contributed by atoms with van der Waals surface area (Å²) in [4.78, 5) is 6.49. The molecular formula is C15H16ClN5S. The van der Waals surface area contributed by atoms with Crippen LogP contribution in [0.25, 0.3) is 0 Å². The molecule has 0 aromatic heterocycles. The predicted octanol–water partition coefficient (Wildman–Crippen LogP) is 2.24. The van der Waals surface area contributed by atoms with Gasteiger partial charge in [-0.3, -0.25) is 10.7 Å². The highest BCUT2D eigenvalue weighted by atomic mass is 35.5. The minimum absolute atomic E-state index is 0.327. The van der Waals surface area contributed by atoms with Gasteiger partial charge in [0.25, 0.3) is 0 Å². The normalized spacial score (nSPS) is 20.5. The van der Waals surface area contributed by atoms with Crippen molar-refractivity contribution >= 4 is 29.3 Å². The van der Waals surface area contributed by atoms with Crippen molar-refractivity contribution in [1.29, 1.82) is 0 Å². The third-order valence-corrected chi connectivity index (χ3v) is 4.85. The van der Waals surface area contributed by atoms with E-state index >= 15 is 0 Å². The molecule has 0 spiro atoms. The van der Waals surface area contributed by atoms with Gasteiger partial charge in [-0.15, -0.1) is 0 Å². The van der Waals surface area contributed by atoms with Gasteiger partial charge in [0.05, 0.1) is 5.02 Å². The first-order valence-corrected chi connectivity index (χ1v) is 7.93. The smallest absolute Gasteiger partial charge is 0.211 e. The molecule has 2 aromatic carbocycles. The second-order valence-corrected chi connectivity index (χ2v) is 6.29. The highest BCUT2D eigenvalue weighted by Crippen LogP contribution is 2.35. The van der Waals surface area contributed by atoms with E-state index in [0.717, 1.165) is 15.4 Å². The lowest BCUT2D eigenvalue weighted by Crippen LogP contribution is -2.52. The number of aliphatic imine (C=N–C) groups is 1. The Labute approximate surface area is 138 Å². The standard InChI is InChI=1S/C15H16ClN5S/c1-18-15(19-14(17)20-21-15)10-7-8-13(12(16)9-10)22-11-5-3-2-4-6-11/h2-9,18,21H,1H3,(H3,17,19,20). The Morgan fingerprint density at radius 3 is 2.59 bits per heavy atom. The van der Waals surface area contributed by atoms with Crippen LogP contribution in [0.15, 0.2) is 63.3 Å². The molecule has 2 aromatic rings. The van der Waals surface area contributed by atoms with Crippen molar-refractivity contribution in [2.45, 2.75) is 15.6 Å². The molecule has 0 bridgehead atoms. The summed E-state index contributed by atoms with van der Waals surface area (Å²) in [5.74, 6) is -0.475. The van der Waals surface area contributed by atoms with Gasteiger partial charge < -0.3 is 5.73 Å². The lowest BCUT2D eigenvalue weighted by atomic mass is 10.1. The molecule has 0 aliphatic carbocycles. The van der Waals surface area contributed by atoms with E-state index in [0.29, 0.717) is 11.0 Å². The summed E-state index contributed by atoms with van der Waals surface area (Å²) >= 11 is 8.06. The highest BCUT2D eigenvalue weighted by molar-refractivity contribution is 7.99. The number of nitrogens with one attached hydrogen (secondary N) is 3. The van der Waals surface area contributed by atoms with Crippen molar-refractivity contribution in [3.05, 3.63) is 59.1 Å². The lowest BCUT2D eigenvalue weighted by molar-refractivity contribution is 0.305. The fourth-order valence-electron chi connectivity index (χ4n) is 2.21. The lowest BCUT2D eigenvalue weighted by Gasteiger charge is -2.25. The third kappa shape index (κ3) is 2.91. The van der Waals surface area contributed by atoms with Crippen LogP contribution in [0.4, 0.5) is 0 Å². The Morgan fingerprint density at radius 1 is 1.23 bits per heavy atom. The second kappa shape index (κ2) is 6.18. The molecule has 1 unspecified atom stereocenters. The number of rotatable bonds is 4. The van der Waals surface area contributed by atoms with E-state index in [1.807, 2.05) is 36.4 Å². The van der Waals surface area contributed by atoms with Crippen LogP contribution in [-0.4, -0.2) is 13.0 Å². The van der Waals surface area contributed by atoms with Gasteiger partial charge in [0.2, 0.25) is 11.7 Å². The monoisotopic (exact) mass is 333 g/mol. The van der Waals surface area contributed by atoms with Gasteiger partial charge >= 0.3 is 0 Å².